The van der Waals surface area contributed by atoms with Crippen molar-refractivity contribution in [1.82, 2.24) is 10.5 Å². The molecule has 1 saturated heterocycles. The molecule has 1 heterocycles. The number of nitrogens with zero attached hydrogens (tertiary/aromatic N) is 2. The Kier molecular flexibility index (Phi) is 1.40. The van der Waals surface area contributed by atoms with Crippen LogP contribution in [0.15, 0.2) is 5.29 Å². The van der Waals surface area contributed by atoms with Gasteiger partial charge in [-0.2, -0.15) is 10.5 Å². The predicted octanol–water partition coefficient (Wildman–Crippen LogP) is -0.837. The fraction of sp³-hybridized carbons (Fsp3) is 1.00. The van der Waals surface area contributed by atoms with Gasteiger partial charge in [-0.25, -0.2) is 0 Å². The summed E-state index contributed by atoms with van der Waals surface area (Å²) in [5.74, 6) is 0. The second kappa shape index (κ2) is 2.06. The molecule has 0 radical (unpaired) electrons. The molecule has 0 aromatic carbocycles. The van der Waals surface area contributed by atoms with Gasteiger partial charge in [0.1, 0.15) is 0 Å². The number of hydrogen-bond acceptors (Lipinski definition) is 4. The van der Waals surface area contributed by atoms with Crippen LogP contribution in [0.1, 0.15) is 6.42 Å². The van der Waals surface area contributed by atoms with Gasteiger partial charge in [-0.3, -0.25) is 0 Å². The van der Waals surface area contributed by atoms with Crippen LogP contribution >= 0.6 is 0 Å². The highest BCUT2D eigenvalue weighted by Crippen LogP contribution is 1.98. The molecule has 0 amide bonds. The minimum atomic E-state index is -0.0901. The molecule has 1 aliphatic rings. The lowest BCUT2D eigenvalue weighted by atomic mass is 10.4. The Hall–Kier alpha value is -0.680. The highest BCUT2D eigenvalue weighted by atomic mass is 16.3. The zero-order valence-corrected chi connectivity index (χ0v) is 4.37. The van der Waals surface area contributed by atoms with E-state index in [0.717, 1.165) is 6.42 Å². The van der Waals surface area contributed by atoms with Crippen LogP contribution in [0, 0.1) is 4.91 Å². The normalized spacial score (nSPS) is 28.6. The van der Waals surface area contributed by atoms with E-state index < -0.39 is 0 Å². The summed E-state index contributed by atoms with van der Waals surface area (Å²) in [4.78, 5) is 9.71. The largest absolute Gasteiger partial charge is 0.314 e. The van der Waals surface area contributed by atoms with E-state index >= 15 is 0 Å². The molecule has 5 nitrogen and oxygen atoms in total. The summed E-state index contributed by atoms with van der Waals surface area (Å²) in [5, 5.41) is 3.83. The SMILES string of the molecule is NC1CCN(N=O)N1. The maximum atomic E-state index is 9.71. The van der Waals surface area contributed by atoms with Crippen LogP contribution in [0.3, 0.4) is 0 Å². The maximum Gasteiger partial charge on any atom is 0.0762 e. The first-order valence-electron chi connectivity index (χ1n) is 2.45. The van der Waals surface area contributed by atoms with E-state index in [-0.39, 0.29) is 6.17 Å². The molecule has 8 heavy (non-hydrogen) atoms. The van der Waals surface area contributed by atoms with Crippen LogP contribution in [-0.4, -0.2) is 17.8 Å². The molecule has 0 aromatic rings. The van der Waals surface area contributed by atoms with Gasteiger partial charge < -0.3 is 5.73 Å². The minimum absolute atomic E-state index is 0.0901. The topological polar surface area (TPSA) is 70.7 Å². The van der Waals surface area contributed by atoms with E-state index in [0.29, 0.717) is 6.54 Å². The highest BCUT2D eigenvalue weighted by Gasteiger charge is 2.16. The van der Waals surface area contributed by atoms with Gasteiger partial charge in [0, 0.05) is 0 Å². The molecule has 1 rings (SSSR count). The highest BCUT2D eigenvalue weighted by molar-refractivity contribution is 4.65. The van der Waals surface area contributed by atoms with Gasteiger partial charge in [0.25, 0.3) is 0 Å². The van der Waals surface area contributed by atoms with Crippen molar-refractivity contribution >= 4 is 0 Å². The van der Waals surface area contributed by atoms with Gasteiger partial charge in [-0.15, -0.1) is 4.91 Å². The van der Waals surface area contributed by atoms with Crippen molar-refractivity contribution in [3.8, 4) is 0 Å². The molecule has 1 unspecified atom stereocenters. The van der Waals surface area contributed by atoms with Gasteiger partial charge in [0.05, 0.1) is 18.0 Å². The van der Waals surface area contributed by atoms with Crippen molar-refractivity contribution in [2.45, 2.75) is 12.6 Å². The van der Waals surface area contributed by atoms with Gasteiger partial charge in [0.2, 0.25) is 0 Å². The summed E-state index contributed by atoms with van der Waals surface area (Å²) in [6.07, 6.45) is 0.693. The predicted molar refractivity (Wildman–Crippen MR) is 28.2 cm³/mol. The van der Waals surface area contributed by atoms with Crippen LogP contribution in [0.25, 0.3) is 0 Å². The molecule has 0 saturated carbocycles. The van der Waals surface area contributed by atoms with Crippen molar-refractivity contribution in [3.05, 3.63) is 4.91 Å². The van der Waals surface area contributed by atoms with E-state index in [4.69, 9.17) is 5.73 Å². The fourth-order valence-electron chi connectivity index (χ4n) is 0.646. The Labute approximate surface area is 46.7 Å². The molecule has 0 aromatic heterocycles. The maximum absolute atomic E-state index is 9.71. The zero-order valence-electron chi connectivity index (χ0n) is 4.37. The average molecular weight is 116 g/mol. The molecule has 46 valence electrons. The summed E-state index contributed by atoms with van der Waals surface area (Å²) in [6, 6.07) is 0. The molecule has 0 bridgehead atoms. The quantitative estimate of drug-likeness (QED) is 0.438. The van der Waals surface area contributed by atoms with Gasteiger partial charge >= 0.3 is 0 Å². The second-order valence-electron chi connectivity index (χ2n) is 1.73. The van der Waals surface area contributed by atoms with Crippen LogP contribution in [0.4, 0.5) is 0 Å². The lowest BCUT2D eigenvalue weighted by Crippen LogP contribution is -2.36. The monoisotopic (exact) mass is 116 g/mol. The zero-order chi connectivity index (χ0) is 5.98. The second-order valence-corrected chi connectivity index (χ2v) is 1.73. The number of hydrazine groups is 1. The number of rotatable bonds is 1. The Morgan fingerprint density at radius 1 is 1.88 bits per heavy atom. The Balaban J connectivity index is 2.32. The summed E-state index contributed by atoms with van der Waals surface area (Å²) in [6.45, 7) is 0.616. The van der Waals surface area contributed by atoms with Crippen LogP contribution in [0.2, 0.25) is 0 Å². The van der Waals surface area contributed by atoms with Crippen molar-refractivity contribution in [1.29, 1.82) is 0 Å². The third kappa shape index (κ3) is 0.932. The van der Waals surface area contributed by atoms with E-state index in [2.05, 4.69) is 10.7 Å². The summed E-state index contributed by atoms with van der Waals surface area (Å²) in [5.41, 5.74) is 7.98. The molecule has 1 fully saturated rings. The van der Waals surface area contributed by atoms with Crippen molar-refractivity contribution in [2.75, 3.05) is 6.54 Å². The van der Waals surface area contributed by atoms with Gasteiger partial charge in [0.15, 0.2) is 0 Å². The molecular weight excluding hydrogens is 108 g/mol. The van der Waals surface area contributed by atoms with E-state index in [1.54, 1.807) is 0 Å². The van der Waals surface area contributed by atoms with Crippen molar-refractivity contribution in [2.24, 2.45) is 11.0 Å². The smallest absolute Gasteiger partial charge is 0.0762 e. The first-order chi connectivity index (χ1) is 3.83. The number of hydrogen-bond donors (Lipinski definition) is 2. The van der Waals surface area contributed by atoms with Gasteiger partial charge in [-0.05, 0) is 6.42 Å². The summed E-state index contributed by atoms with van der Waals surface area (Å²) in [7, 11) is 0. The Morgan fingerprint density at radius 2 is 2.62 bits per heavy atom. The third-order valence-electron chi connectivity index (χ3n) is 1.07. The number of nitrogens with two attached hydrogens (primary N) is 1. The van der Waals surface area contributed by atoms with E-state index in [1.165, 1.54) is 5.12 Å². The van der Waals surface area contributed by atoms with Crippen LogP contribution in [0.5, 0.6) is 0 Å². The summed E-state index contributed by atoms with van der Waals surface area (Å²) < 4.78 is 0. The first kappa shape index (κ1) is 5.46. The molecule has 3 N–H and O–H groups in total. The average Bonchev–Trinajstić information content (AvgIpc) is 2.14. The molecule has 1 atom stereocenters. The van der Waals surface area contributed by atoms with Crippen LogP contribution < -0.4 is 11.2 Å². The van der Waals surface area contributed by atoms with Crippen molar-refractivity contribution < 1.29 is 0 Å². The van der Waals surface area contributed by atoms with Crippen LogP contribution in [-0.2, 0) is 0 Å². The fourth-order valence-corrected chi connectivity index (χ4v) is 0.646. The van der Waals surface area contributed by atoms with E-state index in [9.17, 15) is 4.91 Å². The number of nitrogens with one attached hydrogen (secondary N) is 1. The Morgan fingerprint density at radius 3 is 2.88 bits per heavy atom. The number of nitroso groups, excluding NO2 is 1. The molecule has 0 aliphatic carbocycles. The molecule has 0 spiro atoms. The lowest BCUT2D eigenvalue weighted by molar-refractivity contribution is 0.245. The molecule has 1 aliphatic heterocycles. The lowest BCUT2D eigenvalue weighted by Gasteiger charge is -2.04. The van der Waals surface area contributed by atoms with E-state index in [1.807, 2.05) is 0 Å². The first-order valence-corrected chi connectivity index (χ1v) is 2.45. The molecular formula is C3H8N4O. The minimum Gasteiger partial charge on any atom is -0.314 e. The van der Waals surface area contributed by atoms with Gasteiger partial charge in [-0.1, -0.05) is 0 Å². The van der Waals surface area contributed by atoms with Crippen molar-refractivity contribution in [3.63, 3.8) is 0 Å². The summed E-state index contributed by atoms with van der Waals surface area (Å²) >= 11 is 0. The third-order valence-corrected chi connectivity index (χ3v) is 1.07. The molecule has 5 heteroatoms. The standard InChI is InChI=1S/C3H8N4O/c4-3-1-2-7(5-3)6-8/h3,5H,1-2,4H2. The Bertz CT molecular complexity index is 95.3.